The van der Waals surface area contributed by atoms with E-state index in [2.05, 4.69) is 5.16 Å². The van der Waals surface area contributed by atoms with Crippen molar-refractivity contribution in [1.82, 2.24) is 5.16 Å². The molecule has 0 saturated carbocycles. The Morgan fingerprint density at radius 1 is 1.28 bits per heavy atom. The van der Waals surface area contributed by atoms with Crippen molar-refractivity contribution in [3.05, 3.63) is 23.4 Å². The fourth-order valence-electron chi connectivity index (χ4n) is 2.50. The van der Waals surface area contributed by atoms with Gasteiger partial charge in [0, 0.05) is 12.0 Å². The molecule has 5 nitrogen and oxygen atoms in total. The first-order valence-corrected chi connectivity index (χ1v) is 8.15. The van der Waals surface area contributed by atoms with Crippen LogP contribution in [0.4, 0.5) is 13.2 Å². The summed E-state index contributed by atoms with van der Waals surface area (Å²) in [6, 6.07) is 2.79. The van der Waals surface area contributed by atoms with E-state index >= 15 is 0 Å². The van der Waals surface area contributed by atoms with Crippen molar-refractivity contribution >= 4 is 16.9 Å². The summed E-state index contributed by atoms with van der Waals surface area (Å²) in [6.45, 7) is 4.21. The minimum atomic E-state index is -4.57. The van der Waals surface area contributed by atoms with Crippen molar-refractivity contribution in [2.75, 3.05) is 13.2 Å². The molecule has 0 aliphatic rings. The van der Waals surface area contributed by atoms with E-state index in [-0.39, 0.29) is 30.0 Å². The van der Waals surface area contributed by atoms with E-state index < -0.39 is 11.9 Å². The van der Waals surface area contributed by atoms with E-state index in [0.717, 1.165) is 0 Å². The number of aromatic nitrogens is 1. The van der Waals surface area contributed by atoms with Gasteiger partial charge >= 0.3 is 12.1 Å². The Balaban J connectivity index is 2.17. The van der Waals surface area contributed by atoms with Crippen molar-refractivity contribution in [1.29, 1.82) is 0 Å². The molecule has 8 heteroatoms. The molecule has 2 aromatic rings. The molecule has 0 unspecified atom stereocenters. The third-order valence-electron chi connectivity index (χ3n) is 3.56. The van der Waals surface area contributed by atoms with Crippen LogP contribution in [0.25, 0.3) is 11.0 Å². The van der Waals surface area contributed by atoms with Gasteiger partial charge in [-0.25, -0.2) is 0 Å². The molecule has 1 aromatic carbocycles. The second-order valence-corrected chi connectivity index (χ2v) is 5.45. The molecule has 0 amide bonds. The number of alkyl halides is 3. The van der Waals surface area contributed by atoms with Crippen molar-refractivity contribution < 1.29 is 32.0 Å². The Kier molecular flexibility index (Phi) is 6.27. The molecule has 0 aliphatic heterocycles. The van der Waals surface area contributed by atoms with E-state index in [1.165, 1.54) is 12.1 Å². The topological polar surface area (TPSA) is 61.6 Å². The zero-order valence-corrected chi connectivity index (χ0v) is 14.1. The van der Waals surface area contributed by atoms with E-state index in [4.69, 9.17) is 14.0 Å². The van der Waals surface area contributed by atoms with Crippen LogP contribution < -0.4 is 4.74 Å². The standard InChI is InChI=1S/C17H20F3NO4/c1-3-6-11-13(24-10-5-7-14(22)23-4-2)9-8-12-15(11)25-21-16(12)17(18,19)20/h8-9H,3-7,10H2,1-2H3. The fraction of sp³-hybridized carbons (Fsp3) is 0.529. The number of rotatable bonds is 8. The van der Waals surface area contributed by atoms with Gasteiger partial charge in [0.15, 0.2) is 11.3 Å². The maximum absolute atomic E-state index is 13.0. The smallest absolute Gasteiger partial charge is 0.437 e. The Morgan fingerprint density at radius 3 is 2.68 bits per heavy atom. The van der Waals surface area contributed by atoms with Crippen LogP contribution in [-0.4, -0.2) is 24.3 Å². The van der Waals surface area contributed by atoms with Gasteiger partial charge in [0.05, 0.1) is 18.6 Å². The number of hydrogen-bond acceptors (Lipinski definition) is 5. The highest BCUT2D eigenvalue weighted by atomic mass is 19.4. The summed E-state index contributed by atoms with van der Waals surface area (Å²) in [6.07, 6.45) is -2.69. The van der Waals surface area contributed by atoms with Gasteiger partial charge in [0.25, 0.3) is 0 Å². The summed E-state index contributed by atoms with van der Waals surface area (Å²) in [7, 11) is 0. The van der Waals surface area contributed by atoms with Crippen molar-refractivity contribution in [2.45, 2.75) is 45.7 Å². The number of fused-ring (bicyclic) bond motifs is 1. The maximum atomic E-state index is 13.0. The quantitative estimate of drug-likeness (QED) is 0.512. The van der Waals surface area contributed by atoms with Gasteiger partial charge < -0.3 is 14.0 Å². The number of esters is 1. The summed E-state index contributed by atoms with van der Waals surface area (Å²) in [5, 5.41) is 3.10. The monoisotopic (exact) mass is 359 g/mol. The molecule has 0 spiro atoms. The highest BCUT2D eigenvalue weighted by Crippen LogP contribution is 2.38. The molecule has 138 valence electrons. The van der Waals surface area contributed by atoms with Gasteiger partial charge in [-0.2, -0.15) is 13.2 Å². The molecular formula is C17H20F3NO4. The maximum Gasteiger partial charge on any atom is 0.437 e. The highest BCUT2D eigenvalue weighted by molar-refractivity contribution is 5.85. The fourth-order valence-corrected chi connectivity index (χ4v) is 2.50. The van der Waals surface area contributed by atoms with Gasteiger partial charge in [-0.3, -0.25) is 4.79 Å². The van der Waals surface area contributed by atoms with Crippen molar-refractivity contribution in [3.8, 4) is 5.75 Å². The average molecular weight is 359 g/mol. The van der Waals surface area contributed by atoms with Crippen LogP contribution in [0, 0.1) is 0 Å². The van der Waals surface area contributed by atoms with Crippen molar-refractivity contribution in [3.63, 3.8) is 0 Å². The second-order valence-electron chi connectivity index (χ2n) is 5.45. The first-order valence-electron chi connectivity index (χ1n) is 8.15. The van der Waals surface area contributed by atoms with Crippen LogP contribution in [-0.2, 0) is 22.1 Å². The molecule has 0 bridgehead atoms. The zero-order valence-electron chi connectivity index (χ0n) is 14.1. The molecule has 0 aliphatic carbocycles. The molecule has 0 radical (unpaired) electrons. The van der Waals surface area contributed by atoms with Crippen LogP contribution >= 0.6 is 0 Å². The van der Waals surface area contributed by atoms with Crippen LogP contribution in [0.1, 0.15) is 44.4 Å². The predicted octanol–water partition coefficient (Wildman–Crippen LogP) is 4.52. The van der Waals surface area contributed by atoms with Gasteiger partial charge in [-0.15, -0.1) is 0 Å². The normalized spacial score (nSPS) is 11.7. The summed E-state index contributed by atoms with van der Waals surface area (Å²) < 4.78 is 54.3. The molecule has 0 fully saturated rings. The van der Waals surface area contributed by atoms with Crippen LogP contribution in [0.5, 0.6) is 5.75 Å². The van der Waals surface area contributed by atoms with Gasteiger partial charge in [-0.1, -0.05) is 18.5 Å². The SMILES string of the molecule is CCCc1c(OCCCC(=O)OCC)ccc2c(C(F)(F)F)noc12. The number of halogens is 3. The van der Waals surface area contributed by atoms with Crippen molar-refractivity contribution in [2.24, 2.45) is 0 Å². The van der Waals surface area contributed by atoms with Crippen LogP contribution in [0.2, 0.25) is 0 Å². The Labute approximate surface area is 143 Å². The minimum absolute atomic E-state index is 0.0742. The molecule has 0 saturated heterocycles. The first-order chi connectivity index (χ1) is 11.9. The van der Waals surface area contributed by atoms with E-state index in [9.17, 15) is 18.0 Å². The van der Waals surface area contributed by atoms with E-state index in [1.807, 2.05) is 6.92 Å². The Morgan fingerprint density at radius 2 is 2.04 bits per heavy atom. The predicted molar refractivity (Wildman–Crippen MR) is 84.4 cm³/mol. The Bertz CT molecular complexity index is 724. The molecule has 0 atom stereocenters. The lowest BCUT2D eigenvalue weighted by Crippen LogP contribution is -2.08. The zero-order chi connectivity index (χ0) is 18.4. The van der Waals surface area contributed by atoms with E-state index in [1.54, 1.807) is 6.92 Å². The van der Waals surface area contributed by atoms with Crippen LogP contribution in [0.15, 0.2) is 16.7 Å². The summed E-state index contributed by atoms with van der Waals surface area (Å²) in [5.74, 6) is 0.142. The number of carbonyl (C=O) groups is 1. The summed E-state index contributed by atoms with van der Waals surface area (Å²) in [5.41, 5.74) is -0.384. The lowest BCUT2D eigenvalue weighted by atomic mass is 10.0. The largest absolute Gasteiger partial charge is 0.493 e. The molecule has 25 heavy (non-hydrogen) atoms. The molecule has 1 aromatic heterocycles. The number of aryl methyl sites for hydroxylation is 1. The number of ether oxygens (including phenoxy) is 2. The number of carbonyl (C=O) groups excluding carboxylic acids is 1. The highest BCUT2D eigenvalue weighted by Gasteiger charge is 2.37. The van der Waals surface area contributed by atoms with Gasteiger partial charge in [0.1, 0.15) is 5.75 Å². The molecule has 1 heterocycles. The molecule has 2 rings (SSSR count). The molecular weight excluding hydrogens is 339 g/mol. The second kappa shape index (κ2) is 8.22. The summed E-state index contributed by atoms with van der Waals surface area (Å²) in [4.78, 5) is 11.3. The Hall–Kier alpha value is -2.25. The first kappa shape index (κ1) is 19.1. The van der Waals surface area contributed by atoms with Crippen LogP contribution in [0.3, 0.4) is 0 Å². The third-order valence-corrected chi connectivity index (χ3v) is 3.56. The van der Waals surface area contributed by atoms with Gasteiger partial charge in [0.2, 0.25) is 0 Å². The third kappa shape index (κ3) is 4.64. The lowest BCUT2D eigenvalue weighted by molar-refractivity contribution is -0.143. The van der Waals surface area contributed by atoms with E-state index in [0.29, 0.717) is 37.2 Å². The lowest BCUT2D eigenvalue weighted by Gasteiger charge is -2.11. The average Bonchev–Trinajstić information content (AvgIpc) is 2.98. The number of nitrogens with zero attached hydrogens (tertiary/aromatic N) is 1. The summed E-state index contributed by atoms with van der Waals surface area (Å²) >= 11 is 0. The molecule has 0 N–H and O–H groups in total. The number of hydrogen-bond donors (Lipinski definition) is 0. The van der Waals surface area contributed by atoms with Gasteiger partial charge in [-0.05, 0) is 31.9 Å². The minimum Gasteiger partial charge on any atom is -0.493 e. The number of benzene rings is 1.